The summed E-state index contributed by atoms with van der Waals surface area (Å²) in [4.78, 5) is 0. The molecule has 0 bridgehead atoms. The van der Waals surface area contributed by atoms with Crippen LogP contribution in [0.15, 0.2) is 47.6 Å². The summed E-state index contributed by atoms with van der Waals surface area (Å²) in [5, 5.41) is 20.7. The molecule has 1 aromatic heterocycles. The third kappa shape index (κ3) is 4.11. The first-order chi connectivity index (χ1) is 12.6. The number of benzene rings is 2. The van der Waals surface area contributed by atoms with Gasteiger partial charge in [0, 0.05) is 0 Å². The molecule has 1 N–H and O–H groups in total. The first-order valence-corrected chi connectivity index (χ1v) is 8.52. The number of halogens is 2. The average molecular weight is 404 g/mol. The van der Waals surface area contributed by atoms with Crippen molar-refractivity contribution in [2.24, 2.45) is 5.10 Å². The van der Waals surface area contributed by atoms with Crippen molar-refractivity contribution in [2.75, 3.05) is 0 Å². The smallest absolute Gasteiger partial charge is 0.216 e. The van der Waals surface area contributed by atoms with Crippen LogP contribution in [-0.4, -0.2) is 21.1 Å². The summed E-state index contributed by atoms with van der Waals surface area (Å²) >= 11 is 17.4. The highest BCUT2D eigenvalue weighted by atomic mass is 35.5. The lowest BCUT2D eigenvalue weighted by Crippen LogP contribution is -2.04. The van der Waals surface area contributed by atoms with Gasteiger partial charge in [0.05, 0.1) is 27.9 Å². The van der Waals surface area contributed by atoms with Crippen LogP contribution in [-0.2, 0) is 6.61 Å². The zero-order chi connectivity index (χ0) is 18.5. The van der Waals surface area contributed by atoms with Crippen LogP contribution in [0.25, 0.3) is 0 Å². The van der Waals surface area contributed by atoms with Crippen LogP contribution >= 0.6 is 35.4 Å². The molecule has 3 aromatic rings. The second kappa shape index (κ2) is 8.15. The predicted octanol–water partition coefficient (Wildman–Crippen LogP) is 4.58. The quantitative estimate of drug-likeness (QED) is 0.499. The van der Waals surface area contributed by atoms with Crippen LogP contribution in [0.5, 0.6) is 5.75 Å². The number of hydrogen-bond donors (Lipinski definition) is 1. The molecule has 130 valence electrons. The Morgan fingerprint density at radius 1 is 1.23 bits per heavy atom. The van der Waals surface area contributed by atoms with Gasteiger partial charge in [0.1, 0.15) is 6.61 Å². The summed E-state index contributed by atoms with van der Waals surface area (Å²) < 4.78 is 7.43. The van der Waals surface area contributed by atoms with E-state index in [4.69, 9.17) is 45.4 Å². The van der Waals surface area contributed by atoms with Crippen molar-refractivity contribution in [3.8, 4) is 11.8 Å². The van der Waals surface area contributed by atoms with E-state index in [9.17, 15) is 0 Å². The number of aromatic amines is 1. The molecule has 0 spiro atoms. The first-order valence-electron chi connectivity index (χ1n) is 7.36. The number of rotatable bonds is 5. The molecule has 0 saturated heterocycles. The van der Waals surface area contributed by atoms with E-state index >= 15 is 0 Å². The SMILES string of the molecule is N#Cc1ccc(/C=N\n2c(COc3c(Cl)cccc3Cl)n[nH]c2=S)cc1. The molecule has 26 heavy (non-hydrogen) atoms. The lowest BCUT2D eigenvalue weighted by Gasteiger charge is -2.08. The Morgan fingerprint density at radius 3 is 2.58 bits per heavy atom. The first kappa shape index (κ1) is 18.1. The van der Waals surface area contributed by atoms with Gasteiger partial charge in [-0.3, -0.25) is 0 Å². The van der Waals surface area contributed by atoms with E-state index in [0.717, 1.165) is 5.56 Å². The van der Waals surface area contributed by atoms with Crippen molar-refractivity contribution in [2.45, 2.75) is 6.61 Å². The Bertz CT molecular complexity index is 1030. The molecule has 0 radical (unpaired) electrons. The van der Waals surface area contributed by atoms with Gasteiger partial charge in [-0.05, 0) is 42.0 Å². The Hall–Kier alpha value is -2.66. The van der Waals surface area contributed by atoms with Gasteiger partial charge in [-0.2, -0.15) is 20.1 Å². The summed E-state index contributed by atoms with van der Waals surface area (Å²) in [5.74, 6) is 0.822. The van der Waals surface area contributed by atoms with E-state index in [-0.39, 0.29) is 6.61 Å². The molecule has 6 nitrogen and oxygen atoms in total. The number of nitrogens with one attached hydrogen (secondary N) is 1. The third-order valence-corrected chi connectivity index (χ3v) is 4.20. The number of H-pyrrole nitrogens is 1. The molecule has 0 aliphatic heterocycles. The van der Waals surface area contributed by atoms with E-state index in [1.807, 2.05) is 0 Å². The molecular formula is C17H11Cl2N5OS. The molecule has 0 atom stereocenters. The van der Waals surface area contributed by atoms with Crippen LogP contribution in [0.4, 0.5) is 0 Å². The van der Waals surface area contributed by atoms with Gasteiger partial charge in [-0.25, -0.2) is 5.10 Å². The summed E-state index contributed by atoms with van der Waals surface area (Å²) in [6.45, 7) is 0.0707. The van der Waals surface area contributed by atoms with Crippen molar-refractivity contribution >= 4 is 41.6 Å². The Morgan fingerprint density at radius 2 is 1.92 bits per heavy atom. The van der Waals surface area contributed by atoms with Crippen LogP contribution in [0.3, 0.4) is 0 Å². The molecule has 9 heteroatoms. The zero-order valence-corrected chi connectivity index (χ0v) is 15.5. The number of nitriles is 1. The van der Waals surface area contributed by atoms with Gasteiger partial charge in [0.25, 0.3) is 0 Å². The molecule has 2 aromatic carbocycles. The van der Waals surface area contributed by atoms with Gasteiger partial charge in [0.15, 0.2) is 11.6 Å². The highest BCUT2D eigenvalue weighted by Crippen LogP contribution is 2.32. The molecule has 0 amide bonds. The fourth-order valence-corrected chi connectivity index (χ4v) is 2.77. The second-order valence-electron chi connectivity index (χ2n) is 5.07. The molecule has 1 heterocycles. The molecule has 0 saturated carbocycles. The zero-order valence-electron chi connectivity index (χ0n) is 13.2. The van der Waals surface area contributed by atoms with E-state index < -0.39 is 0 Å². The number of nitrogens with zero attached hydrogens (tertiary/aromatic N) is 4. The minimum Gasteiger partial charge on any atom is -0.482 e. The van der Waals surface area contributed by atoms with Crippen molar-refractivity contribution in [1.29, 1.82) is 5.26 Å². The van der Waals surface area contributed by atoms with Crippen molar-refractivity contribution in [3.63, 3.8) is 0 Å². The van der Waals surface area contributed by atoms with Gasteiger partial charge >= 0.3 is 0 Å². The Labute approximate surface area is 164 Å². The lowest BCUT2D eigenvalue weighted by atomic mass is 10.2. The van der Waals surface area contributed by atoms with E-state index in [2.05, 4.69) is 21.4 Å². The van der Waals surface area contributed by atoms with Crippen LogP contribution in [0.2, 0.25) is 10.0 Å². The third-order valence-electron chi connectivity index (χ3n) is 3.34. The van der Waals surface area contributed by atoms with Crippen molar-refractivity contribution in [1.82, 2.24) is 14.9 Å². The topological polar surface area (TPSA) is 79.0 Å². The maximum atomic E-state index is 8.83. The predicted molar refractivity (Wildman–Crippen MR) is 102 cm³/mol. The van der Waals surface area contributed by atoms with Crippen molar-refractivity contribution < 1.29 is 4.74 Å². The Balaban J connectivity index is 1.79. The molecule has 0 aliphatic rings. The van der Waals surface area contributed by atoms with Crippen LogP contribution < -0.4 is 4.74 Å². The summed E-state index contributed by atoms with van der Waals surface area (Å²) in [7, 11) is 0. The summed E-state index contributed by atoms with van der Waals surface area (Å²) in [6.07, 6.45) is 1.61. The standard InChI is InChI=1S/C17H11Cl2N5OS/c18-13-2-1-3-14(19)16(13)25-10-15-22-23-17(26)24(15)21-9-12-6-4-11(8-20)5-7-12/h1-7,9H,10H2,(H,23,26)/b21-9-. The van der Waals surface area contributed by atoms with Crippen LogP contribution in [0, 0.1) is 16.1 Å². The van der Waals surface area contributed by atoms with Gasteiger partial charge in [0.2, 0.25) is 4.77 Å². The van der Waals surface area contributed by atoms with Gasteiger partial charge in [-0.15, -0.1) is 0 Å². The van der Waals surface area contributed by atoms with Gasteiger partial charge in [-0.1, -0.05) is 41.4 Å². The highest BCUT2D eigenvalue weighted by molar-refractivity contribution is 7.71. The maximum absolute atomic E-state index is 8.83. The number of aromatic nitrogens is 3. The fraction of sp³-hybridized carbons (Fsp3) is 0.0588. The monoisotopic (exact) mass is 403 g/mol. The van der Waals surface area contributed by atoms with Crippen LogP contribution in [0.1, 0.15) is 17.0 Å². The fourth-order valence-electron chi connectivity index (χ4n) is 2.06. The van der Waals surface area contributed by atoms with Crippen molar-refractivity contribution in [3.05, 3.63) is 74.2 Å². The molecule has 3 rings (SSSR count). The Kier molecular flexibility index (Phi) is 5.68. The number of para-hydroxylation sites is 1. The maximum Gasteiger partial charge on any atom is 0.216 e. The van der Waals surface area contributed by atoms with E-state index in [1.165, 1.54) is 4.68 Å². The minimum atomic E-state index is 0.0707. The normalized spacial score (nSPS) is 10.8. The second-order valence-corrected chi connectivity index (χ2v) is 6.28. The molecule has 0 unspecified atom stereocenters. The largest absolute Gasteiger partial charge is 0.482 e. The molecular weight excluding hydrogens is 393 g/mol. The summed E-state index contributed by atoms with van der Waals surface area (Å²) in [5.41, 5.74) is 1.39. The molecule has 0 fully saturated rings. The number of ether oxygens (including phenoxy) is 1. The van der Waals surface area contributed by atoms with E-state index in [1.54, 1.807) is 48.7 Å². The number of hydrogen-bond acceptors (Lipinski definition) is 5. The van der Waals surface area contributed by atoms with Gasteiger partial charge < -0.3 is 4.74 Å². The minimum absolute atomic E-state index is 0.0707. The lowest BCUT2D eigenvalue weighted by molar-refractivity contribution is 0.291. The average Bonchev–Trinajstić information content (AvgIpc) is 3.00. The van der Waals surface area contributed by atoms with E-state index in [0.29, 0.717) is 32.0 Å². The summed E-state index contributed by atoms with van der Waals surface area (Å²) in [6, 6.07) is 14.1. The highest BCUT2D eigenvalue weighted by Gasteiger charge is 2.10. The molecule has 0 aliphatic carbocycles.